The van der Waals surface area contributed by atoms with Crippen LogP contribution in [0.4, 0.5) is 4.79 Å². The first-order chi connectivity index (χ1) is 15.2. The molecule has 2 heterocycles. The molecule has 0 aromatic heterocycles. The monoisotopic (exact) mass is 446 g/mol. The summed E-state index contributed by atoms with van der Waals surface area (Å²) in [5.41, 5.74) is 0.948. The van der Waals surface area contributed by atoms with Crippen LogP contribution in [0.5, 0.6) is 0 Å². The summed E-state index contributed by atoms with van der Waals surface area (Å²) in [6, 6.07) is 7.82. The van der Waals surface area contributed by atoms with E-state index < -0.39 is 5.60 Å². The van der Waals surface area contributed by atoms with Crippen LogP contribution in [0, 0.1) is 5.92 Å². The number of ether oxygens (including phenoxy) is 3. The van der Waals surface area contributed by atoms with E-state index in [-0.39, 0.29) is 17.6 Å². The van der Waals surface area contributed by atoms with Crippen molar-refractivity contribution < 1.29 is 23.8 Å². The van der Waals surface area contributed by atoms with Crippen LogP contribution in [0.3, 0.4) is 0 Å². The van der Waals surface area contributed by atoms with Crippen LogP contribution in [-0.2, 0) is 20.6 Å². The zero-order valence-corrected chi connectivity index (χ0v) is 19.9. The lowest BCUT2D eigenvalue weighted by Gasteiger charge is -2.36. The second-order valence-electron chi connectivity index (χ2n) is 9.95. The molecule has 1 aromatic rings. The van der Waals surface area contributed by atoms with E-state index in [9.17, 15) is 9.59 Å². The van der Waals surface area contributed by atoms with Gasteiger partial charge in [0.15, 0.2) is 0 Å². The van der Waals surface area contributed by atoms with Gasteiger partial charge in [0.2, 0.25) is 0 Å². The zero-order valence-electron chi connectivity index (χ0n) is 19.9. The average Bonchev–Trinajstić information content (AvgIpc) is 2.78. The number of amides is 2. The molecule has 7 heteroatoms. The van der Waals surface area contributed by atoms with Crippen LogP contribution >= 0.6 is 0 Å². The SMILES string of the molecule is COC1(CNC(=O)c2ccccc2CC2CCN(C(=O)OC(C)(C)C)CC2)CCOCC1. The molecule has 2 aliphatic heterocycles. The molecule has 3 rings (SSSR count). The van der Waals surface area contributed by atoms with E-state index in [1.165, 1.54) is 0 Å². The number of hydrogen-bond donors (Lipinski definition) is 1. The maximum absolute atomic E-state index is 13.0. The molecule has 0 saturated carbocycles. The Labute approximate surface area is 191 Å². The molecule has 2 amide bonds. The van der Waals surface area contributed by atoms with E-state index in [0.29, 0.717) is 38.8 Å². The Balaban J connectivity index is 1.55. The zero-order chi connectivity index (χ0) is 23.2. The van der Waals surface area contributed by atoms with Gasteiger partial charge in [-0.1, -0.05) is 18.2 Å². The first-order valence-corrected chi connectivity index (χ1v) is 11.7. The average molecular weight is 447 g/mol. The fraction of sp³-hybridized carbons (Fsp3) is 0.680. The number of nitrogens with zero attached hydrogens (tertiary/aromatic N) is 1. The molecule has 1 aromatic carbocycles. The minimum absolute atomic E-state index is 0.0605. The van der Waals surface area contributed by atoms with Crippen LogP contribution < -0.4 is 5.32 Å². The second-order valence-corrected chi connectivity index (χ2v) is 9.95. The summed E-state index contributed by atoms with van der Waals surface area (Å²) in [4.78, 5) is 27.1. The van der Waals surface area contributed by atoms with Gasteiger partial charge in [-0.05, 0) is 57.6 Å². The Hall–Kier alpha value is -2.12. The molecule has 0 spiro atoms. The number of piperidine rings is 1. The minimum Gasteiger partial charge on any atom is -0.444 e. The number of benzene rings is 1. The molecule has 178 valence electrons. The highest BCUT2D eigenvalue weighted by Gasteiger charge is 2.33. The van der Waals surface area contributed by atoms with Gasteiger partial charge in [0.1, 0.15) is 5.60 Å². The third-order valence-corrected chi connectivity index (χ3v) is 6.44. The maximum atomic E-state index is 13.0. The van der Waals surface area contributed by atoms with Crippen LogP contribution in [0.2, 0.25) is 0 Å². The Bertz CT molecular complexity index is 775. The fourth-order valence-corrected chi connectivity index (χ4v) is 4.41. The van der Waals surface area contributed by atoms with Crippen molar-refractivity contribution in [3.05, 3.63) is 35.4 Å². The molecule has 0 radical (unpaired) electrons. The van der Waals surface area contributed by atoms with Crippen molar-refractivity contribution in [2.45, 2.75) is 64.1 Å². The number of nitrogens with one attached hydrogen (secondary N) is 1. The number of likely N-dealkylation sites (tertiary alicyclic amines) is 1. The highest BCUT2D eigenvalue weighted by atomic mass is 16.6. The number of rotatable bonds is 6. The molecular formula is C25H38N2O5. The summed E-state index contributed by atoms with van der Waals surface area (Å²) >= 11 is 0. The van der Waals surface area contributed by atoms with Gasteiger partial charge in [0.05, 0.1) is 5.60 Å². The van der Waals surface area contributed by atoms with Gasteiger partial charge in [-0.25, -0.2) is 4.79 Å². The van der Waals surface area contributed by atoms with Gasteiger partial charge in [-0.2, -0.15) is 0 Å². The number of methoxy groups -OCH3 is 1. The quantitative estimate of drug-likeness (QED) is 0.719. The van der Waals surface area contributed by atoms with E-state index in [0.717, 1.165) is 43.2 Å². The normalized spacial score (nSPS) is 19.4. The summed E-state index contributed by atoms with van der Waals surface area (Å²) in [7, 11) is 1.70. The lowest BCUT2D eigenvalue weighted by atomic mass is 9.88. The van der Waals surface area contributed by atoms with E-state index in [4.69, 9.17) is 14.2 Å². The number of carbonyl (C=O) groups excluding carboxylic acids is 2. The first-order valence-electron chi connectivity index (χ1n) is 11.7. The molecule has 0 aliphatic carbocycles. The lowest BCUT2D eigenvalue weighted by molar-refractivity contribution is -0.0864. The molecule has 0 atom stereocenters. The topological polar surface area (TPSA) is 77.1 Å². The van der Waals surface area contributed by atoms with Crippen molar-refractivity contribution in [3.8, 4) is 0 Å². The van der Waals surface area contributed by atoms with Crippen molar-refractivity contribution >= 4 is 12.0 Å². The van der Waals surface area contributed by atoms with E-state index in [1.54, 1.807) is 12.0 Å². The van der Waals surface area contributed by atoms with Gasteiger partial charge < -0.3 is 24.4 Å². The number of carbonyl (C=O) groups is 2. The largest absolute Gasteiger partial charge is 0.444 e. The summed E-state index contributed by atoms with van der Waals surface area (Å²) in [5, 5.41) is 3.09. The molecule has 32 heavy (non-hydrogen) atoms. The summed E-state index contributed by atoms with van der Waals surface area (Å²) in [6.45, 7) is 8.82. The van der Waals surface area contributed by atoms with Crippen LogP contribution in [-0.4, -0.2) is 68.1 Å². The standard InChI is InChI=1S/C25H38N2O5/c1-24(2,3)32-23(29)27-13-9-19(10-14-27)17-20-7-5-6-8-21(20)22(28)26-18-25(30-4)11-15-31-16-12-25/h5-8,19H,9-18H2,1-4H3,(H,26,28). The van der Waals surface area contributed by atoms with Crippen molar-refractivity contribution in [3.63, 3.8) is 0 Å². The van der Waals surface area contributed by atoms with Crippen LogP contribution in [0.15, 0.2) is 24.3 Å². The van der Waals surface area contributed by atoms with Gasteiger partial charge in [-0.15, -0.1) is 0 Å². The fourth-order valence-electron chi connectivity index (χ4n) is 4.41. The second kappa shape index (κ2) is 10.7. The Kier molecular flexibility index (Phi) is 8.17. The molecule has 0 unspecified atom stereocenters. The van der Waals surface area contributed by atoms with Gasteiger partial charge in [0.25, 0.3) is 5.91 Å². The van der Waals surface area contributed by atoms with E-state index >= 15 is 0 Å². The van der Waals surface area contributed by atoms with Gasteiger partial charge in [-0.3, -0.25) is 4.79 Å². The molecule has 7 nitrogen and oxygen atoms in total. The molecule has 2 saturated heterocycles. The first kappa shape index (κ1) is 24.5. The van der Waals surface area contributed by atoms with Crippen LogP contribution in [0.25, 0.3) is 0 Å². The van der Waals surface area contributed by atoms with Gasteiger partial charge >= 0.3 is 6.09 Å². The lowest BCUT2D eigenvalue weighted by Crippen LogP contribution is -2.48. The maximum Gasteiger partial charge on any atom is 0.410 e. The molecule has 0 bridgehead atoms. The summed E-state index contributed by atoms with van der Waals surface area (Å²) in [5.74, 6) is 0.373. The molecule has 2 fully saturated rings. The molecule has 2 aliphatic rings. The molecular weight excluding hydrogens is 408 g/mol. The predicted molar refractivity (Wildman–Crippen MR) is 123 cm³/mol. The van der Waals surface area contributed by atoms with Crippen molar-refractivity contribution in [1.82, 2.24) is 10.2 Å². The molecule has 1 N–H and O–H groups in total. The predicted octanol–water partition coefficient (Wildman–Crippen LogP) is 3.80. The summed E-state index contributed by atoms with van der Waals surface area (Å²) in [6.07, 6.45) is 3.96. The third kappa shape index (κ3) is 6.69. The highest BCUT2D eigenvalue weighted by Crippen LogP contribution is 2.26. The highest BCUT2D eigenvalue weighted by molar-refractivity contribution is 5.95. The minimum atomic E-state index is -0.480. The Morgan fingerprint density at radius 3 is 2.44 bits per heavy atom. The van der Waals surface area contributed by atoms with Crippen molar-refractivity contribution in [2.24, 2.45) is 5.92 Å². The Morgan fingerprint density at radius 2 is 1.81 bits per heavy atom. The van der Waals surface area contributed by atoms with Crippen LogP contribution in [0.1, 0.15) is 62.4 Å². The Morgan fingerprint density at radius 1 is 1.16 bits per heavy atom. The smallest absolute Gasteiger partial charge is 0.410 e. The van der Waals surface area contributed by atoms with E-state index in [2.05, 4.69) is 5.32 Å². The van der Waals surface area contributed by atoms with Crippen molar-refractivity contribution in [2.75, 3.05) is 40.0 Å². The summed E-state index contributed by atoms with van der Waals surface area (Å²) < 4.78 is 16.7. The third-order valence-electron chi connectivity index (χ3n) is 6.44. The van der Waals surface area contributed by atoms with Gasteiger partial charge in [0, 0.05) is 58.4 Å². The van der Waals surface area contributed by atoms with Crippen molar-refractivity contribution in [1.29, 1.82) is 0 Å². The van der Waals surface area contributed by atoms with E-state index in [1.807, 2.05) is 45.0 Å². The number of hydrogen-bond acceptors (Lipinski definition) is 5.